The van der Waals surface area contributed by atoms with E-state index in [9.17, 15) is 19.5 Å². The summed E-state index contributed by atoms with van der Waals surface area (Å²) in [5, 5.41) is 10.0. The number of allylic oxidation sites excluding steroid dienone is 2. The van der Waals surface area contributed by atoms with Crippen LogP contribution in [0.5, 0.6) is 0 Å². The fraction of sp³-hybridized carbons (Fsp3) is 0.486. The number of aromatic nitrogens is 2. The predicted molar refractivity (Wildman–Crippen MR) is 171 cm³/mol. The molecule has 1 atom stereocenters. The highest BCUT2D eigenvalue weighted by Crippen LogP contribution is 2.27. The zero-order valence-electron chi connectivity index (χ0n) is 26.8. The van der Waals surface area contributed by atoms with E-state index in [0.29, 0.717) is 5.78 Å². The molecule has 1 aromatic heterocycles. The topological polar surface area (TPSA) is 100 Å². The highest BCUT2D eigenvalue weighted by atomic mass is 16.3. The minimum atomic E-state index is -0.394. The van der Waals surface area contributed by atoms with E-state index in [-0.39, 0.29) is 23.7 Å². The Labute approximate surface area is 247 Å². The van der Waals surface area contributed by atoms with E-state index in [4.69, 9.17) is 0 Å². The second-order valence-corrected chi connectivity index (χ2v) is 9.89. The van der Waals surface area contributed by atoms with Gasteiger partial charge in [-0.05, 0) is 62.4 Å². The SMILES string of the molecule is CC.CCCCCC(C)=O.CCCc1ccc(C(C)/C(C(C)=O)=C(/O)C(=O)CC)cc1.Cc1ccc2nc[nH]c2c1. The molecule has 0 fully saturated rings. The van der Waals surface area contributed by atoms with Gasteiger partial charge in [0.2, 0.25) is 0 Å². The number of rotatable bonds is 11. The van der Waals surface area contributed by atoms with E-state index in [1.54, 1.807) is 20.2 Å². The Morgan fingerprint density at radius 3 is 2.07 bits per heavy atom. The number of unbranched alkanes of at least 4 members (excludes halogenated alkanes) is 2. The number of Topliss-reactive ketones (excluding diaryl/α,β-unsaturated/α-hetero) is 3. The summed E-state index contributed by atoms with van der Waals surface area (Å²) in [5.74, 6) is -1.03. The van der Waals surface area contributed by atoms with Crippen molar-refractivity contribution in [2.24, 2.45) is 0 Å². The van der Waals surface area contributed by atoms with Gasteiger partial charge in [0.1, 0.15) is 5.78 Å². The molecule has 6 heteroatoms. The van der Waals surface area contributed by atoms with Gasteiger partial charge in [0, 0.05) is 24.3 Å². The van der Waals surface area contributed by atoms with E-state index >= 15 is 0 Å². The summed E-state index contributed by atoms with van der Waals surface area (Å²) in [5.41, 5.74) is 5.78. The number of aromatic amines is 1. The van der Waals surface area contributed by atoms with Crippen molar-refractivity contribution in [3.8, 4) is 0 Å². The van der Waals surface area contributed by atoms with E-state index in [1.165, 1.54) is 30.9 Å². The van der Waals surface area contributed by atoms with Gasteiger partial charge in [-0.15, -0.1) is 0 Å². The van der Waals surface area contributed by atoms with Crippen molar-refractivity contribution in [1.82, 2.24) is 9.97 Å². The van der Waals surface area contributed by atoms with Crippen LogP contribution >= 0.6 is 0 Å². The average molecular weight is 565 g/mol. The third kappa shape index (κ3) is 14.1. The van der Waals surface area contributed by atoms with Gasteiger partial charge in [0.15, 0.2) is 17.3 Å². The number of H-pyrrole nitrogens is 1. The Bertz CT molecular complexity index is 1220. The summed E-state index contributed by atoms with van der Waals surface area (Å²) in [7, 11) is 0. The number of benzene rings is 2. The van der Waals surface area contributed by atoms with E-state index < -0.39 is 11.5 Å². The number of hydrogen-bond acceptors (Lipinski definition) is 5. The van der Waals surface area contributed by atoms with Gasteiger partial charge in [0.05, 0.1) is 17.4 Å². The number of aliphatic hydroxyl groups excluding tert-OH is 1. The Hall–Kier alpha value is -3.54. The molecular weight excluding hydrogens is 512 g/mol. The molecule has 0 aliphatic rings. The maximum atomic E-state index is 11.8. The van der Waals surface area contributed by atoms with Gasteiger partial charge in [-0.3, -0.25) is 9.59 Å². The monoisotopic (exact) mass is 564 g/mol. The lowest BCUT2D eigenvalue weighted by Crippen LogP contribution is -2.14. The Morgan fingerprint density at radius 1 is 0.927 bits per heavy atom. The lowest BCUT2D eigenvalue weighted by Gasteiger charge is -2.16. The number of hydrogen-bond donors (Lipinski definition) is 2. The smallest absolute Gasteiger partial charge is 0.197 e. The fourth-order valence-electron chi connectivity index (χ4n) is 4.10. The quantitative estimate of drug-likeness (QED) is 0.137. The summed E-state index contributed by atoms with van der Waals surface area (Å²) in [4.78, 5) is 41.0. The maximum absolute atomic E-state index is 11.8. The predicted octanol–water partition coefficient (Wildman–Crippen LogP) is 9.18. The maximum Gasteiger partial charge on any atom is 0.197 e. The lowest BCUT2D eigenvalue weighted by atomic mass is 9.88. The number of aliphatic hydroxyl groups is 1. The molecule has 0 radical (unpaired) electrons. The molecule has 0 saturated carbocycles. The molecule has 0 spiro atoms. The van der Waals surface area contributed by atoms with E-state index in [2.05, 4.69) is 42.9 Å². The molecular formula is C35H52N2O4. The third-order valence-electron chi connectivity index (χ3n) is 6.38. The molecule has 6 nitrogen and oxygen atoms in total. The number of nitrogens with zero attached hydrogens (tertiary/aromatic N) is 1. The molecule has 0 saturated heterocycles. The molecule has 0 bridgehead atoms. The molecule has 3 rings (SSSR count). The first-order valence-corrected chi connectivity index (χ1v) is 15.0. The van der Waals surface area contributed by atoms with Crippen LogP contribution in [0.2, 0.25) is 0 Å². The number of carbonyl (C=O) groups excluding carboxylic acids is 3. The van der Waals surface area contributed by atoms with Crippen LogP contribution in [0.4, 0.5) is 0 Å². The van der Waals surface area contributed by atoms with Crippen molar-refractivity contribution in [2.45, 2.75) is 113 Å². The zero-order chi connectivity index (χ0) is 31.4. The first kappa shape index (κ1) is 37.5. The standard InChI is InChI=1S/C18H24O3.C8H8N2.C7H14O.C2H6/c1-5-7-14-8-10-15(11-9-14)12(3)17(13(4)19)18(21)16(20)6-2;1-6-2-3-7-8(4-6)10-5-9-7;1-3-4-5-6-7(2)8;1-2/h8-12,21H,5-7H2,1-4H3;2-5H,1H3,(H,9,10);3-6H2,1-2H3;1-2H3/b18-17-;;;. The Kier molecular flexibility index (Phi) is 19.4. The van der Waals surface area contributed by atoms with Crippen molar-refractivity contribution < 1.29 is 19.5 Å². The molecule has 0 aliphatic heterocycles. The molecule has 0 amide bonds. The summed E-state index contributed by atoms with van der Waals surface area (Å²) < 4.78 is 0. The van der Waals surface area contributed by atoms with Crippen LogP contribution in [0.25, 0.3) is 11.0 Å². The second kappa shape index (κ2) is 21.2. The van der Waals surface area contributed by atoms with Crippen LogP contribution in [0, 0.1) is 6.92 Å². The molecule has 41 heavy (non-hydrogen) atoms. The number of aryl methyl sites for hydroxylation is 2. The van der Waals surface area contributed by atoms with Crippen LogP contribution < -0.4 is 0 Å². The Balaban J connectivity index is 0.000000657. The number of imidazole rings is 1. The highest BCUT2D eigenvalue weighted by molar-refractivity contribution is 6.04. The minimum Gasteiger partial charge on any atom is -0.504 e. The largest absolute Gasteiger partial charge is 0.504 e. The summed E-state index contributed by atoms with van der Waals surface area (Å²) in [6.45, 7) is 16.9. The van der Waals surface area contributed by atoms with Gasteiger partial charge in [-0.1, -0.05) is 91.1 Å². The van der Waals surface area contributed by atoms with Crippen LogP contribution in [0.15, 0.2) is 60.1 Å². The molecule has 226 valence electrons. The van der Waals surface area contributed by atoms with Crippen molar-refractivity contribution in [3.63, 3.8) is 0 Å². The number of fused-ring (bicyclic) bond motifs is 1. The number of ketones is 3. The first-order valence-electron chi connectivity index (χ1n) is 15.0. The summed E-state index contributed by atoms with van der Waals surface area (Å²) in [6.07, 6.45) is 8.24. The molecule has 0 aliphatic carbocycles. The minimum absolute atomic E-state index is 0.185. The van der Waals surface area contributed by atoms with Crippen molar-refractivity contribution in [2.75, 3.05) is 0 Å². The average Bonchev–Trinajstić information content (AvgIpc) is 3.42. The van der Waals surface area contributed by atoms with Gasteiger partial charge >= 0.3 is 0 Å². The third-order valence-corrected chi connectivity index (χ3v) is 6.38. The van der Waals surface area contributed by atoms with E-state index in [1.807, 2.05) is 51.1 Å². The van der Waals surface area contributed by atoms with Crippen molar-refractivity contribution in [1.29, 1.82) is 0 Å². The van der Waals surface area contributed by atoms with Gasteiger partial charge < -0.3 is 14.9 Å². The highest BCUT2D eigenvalue weighted by Gasteiger charge is 2.23. The molecule has 2 N–H and O–H groups in total. The van der Waals surface area contributed by atoms with Crippen LogP contribution in [-0.4, -0.2) is 32.4 Å². The number of nitrogens with one attached hydrogen (secondary N) is 1. The molecule has 2 aromatic carbocycles. The molecule has 1 unspecified atom stereocenters. The zero-order valence-corrected chi connectivity index (χ0v) is 26.8. The fourth-order valence-corrected chi connectivity index (χ4v) is 4.10. The van der Waals surface area contributed by atoms with Gasteiger partial charge in [-0.25, -0.2) is 4.98 Å². The number of carbonyl (C=O) groups is 3. The molecule has 1 heterocycles. The second-order valence-electron chi connectivity index (χ2n) is 9.89. The first-order chi connectivity index (χ1) is 19.5. The normalized spacial score (nSPS) is 11.4. The van der Waals surface area contributed by atoms with Gasteiger partial charge in [0.25, 0.3) is 0 Å². The van der Waals surface area contributed by atoms with Crippen LogP contribution in [0.1, 0.15) is 117 Å². The Morgan fingerprint density at radius 2 is 1.56 bits per heavy atom. The van der Waals surface area contributed by atoms with Crippen LogP contribution in [0.3, 0.4) is 0 Å². The van der Waals surface area contributed by atoms with Crippen LogP contribution in [-0.2, 0) is 20.8 Å². The van der Waals surface area contributed by atoms with Crippen molar-refractivity contribution in [3.05, 3.63) is 76.8 Å². The van der Waals surface area contributed by atoms with Gasteiger partial charge in [-0.2, -0.15) is 0 Å². The molecule has 3 aromatic rings. The van der Waals surface area contributed by atoms with E-state index in [0.717, 1.165) is 42.3 Å². The lowest BCUT2D eigenvalue weighted by molar-refractivity contribution is -0.119. The van der Waals surface area contributed by atoms with Crippen molar-refractivity contribution >= 4 is 28.4 Å². The summed E-state index contributed by atoms with van der Waals surface area (Å²) >= 11 is 0. The summed E-state index contributed by atoms with van der Waals surface area (Å²) in [6, 6.07) is 14.1.